The molecular weight excluding hydrogens is 326 g/mol. The number of carbonyl (C=O) groups excluding carboxylic acids is 1. The summed E-state index contributed by atoms with van der Waals surface area (Å²) >= 11 is 5.86. The number of amides is 1. The first-order chi connectivity index (χ1) is 11.6. The molecule has 0 spiro atoms. The number of hydrogen-bond acceptors (Lipinski definition) is 4. The number of rotatable bonds is 8. The third-order valence-corrected chi connectivity index (χ3v) is 4.63. The molecule has 1 fully saturated rings. The molecule has 6 heteroatoms. The third kappa shape index (κ3) is 6.30. The van der Waals surface area contributed by atoms with Crippen LogP contribution in [0.15, 0.2) is 24.3 Å². The highest BCUT2D eigenvalue weighted by Gasteiger charge is 2.22. The van der Waals surface area contributed by atoms with Crippen LogP contribution < -0.4 is 15.4 Å². The molecular formula is C18H28ClN3O2. The maximum absolute atomic E-state index is 12.0. The first kappa shape index (κ1) is 19.0. The van der Waals surface area contributed by atoms with Gasteiger partial charge in [0.05, 0.1) is 0 Å². The van der Waals surface area contributed by atoms with E-state index in [0.29, 0.717) is 19.2 Å². The molecule has 134 valence electrons. The number of hydrogen-bond donors (Lipinski definition) is 2. The van der Waals surface area contributed by atoms with Gasteiger partial charge in [0.15, 0.2) is 0 Å². The van der Waals surface area contributed by atoms with Crippen molar-refractivity contribution in [2.45, 2.75) is 25.8 Å². The van der Waals surface area contributed by atoms with E-state index < -0.39 is 0 Å². The monoisotopic (exact) mass is 353 g/mol. The normalized spacial score (nSPS) is 17.5. The lowest BCUT2D eigenvalue weighted by molar-refractivity contribution is -0.125. The predicted molar refractivity (Wildman–Crippen MR) is 97.6 cm³/mol. The van der Waals surface area contributed by atoms with Crippen LogP contribution in [-0.2, 0) is 4.79 Å². The Kier molecular flexibility index (Phi) is 7.82. The van der Waals surface area contributed by atoms with Crippen LogP contribution >= 0.6 is 11.6 Å². The van der Waals surface area contributed by atoms with Crippen LogP contribution in [0.25, 0.3) is 0 Å². The summed E-state index contributed by atoms with van der Waals surface area (Å²) in [7, 11) is 1.87. The van der Waals surface area contributed by atoms with E-state index in [1.54, 1.807) is 0 Å². The van der Waals surface area contributed by atoms with Gasteiger partial charge in [-0.1, -0.05) is 18.5 Å². The molecule has 1 aromatic rings. The molecule has 1 atom stereocenters. The Hall–Kier alpha value is -1.30. The summed E-state index contributed by atoms with van der Waals surface area (Å²) in [5.74, 6) is 1.01. The number of piperidine rings is 1. The SMILES string of the molecule is CNCC(C)C(=O)NC1CCN(CCOc2ccc(Cl)cc2)CC1. The first-order valence-corrected chi connectivity index (χ1v) is 9.02. The molecule has 5 nitrogen and oxygen atoms in total. The molecule has 2 N–H and O–H groups in total. The van der Waals surface area contributed by atoms with E-state index in [0.717, 1.165) is 43.2 Å². The number of carbonyl (C=O) groups is 1. The van der Waals surface area contributed by atoms with Crippen molar-refractivity contribution in [3.05, 3.63) is 29.3 Å². The van der Waals surface area contributed by atoms with Crippen molar-refractivity contribution < 1.29 is 9.53 Å². The molecule has 0 bridgehead atoms. The zero-order valence-corrected chi connectivity index (χ0v) is 15.3. The van der Waals surface area contributed by atoms with Crippen LogP contribution in [0.4, 0.5) is 0 Å². The molecule has 1 heterocycles. The second-order valence-electron chi connectivity index (χ2n) is 6.39. The summed E-state index contributed by atoms with van der Waals surface area (Å²) in [6.45, 7) is 6.23. The minimum absolute atomic E-state index is 0.0146. The molecule has 0 saturated carbocycles. The highest BCUT2D eigenvalue weighted by atomic mass is 35.5. The van der Waals surface area contributed by atoms with Crippen molar-refractivity contribution in [3.8, 4) is 5.75 Å². The van der Waals surface area contributed by atoms with Crippen molar-refractivity contribution in [2.24, 2.45) is 5.92 Å². The summed E-state index contributed by atoms with van der Waals surface area (Å²) in [4.78, 5) is 14.4. The summed E-state index contributed by atoms with van der Waals surface area (Å²) in [5.41, 5.74) is 0. The molecule has 24 heavy (non-hydrogen) atoms. The third-order valence-electron chi connectivity index (χ3n) is 4.38. The molecule has 1 aliphatic heterocycles. The van der Waals surface area contributed by atoms with Gasteiger partial charge in [0.1, 0.15) is 12.4 Å². The van der Waals surface area contributed by atoms with Gasteiger partial charge in [-0.25, -0.2) is 0 Å². The van der Waals surface area contributed by atoms with E-state index in [1.807, 2.05) is 38.2 Å². The summed E-state index contributed by atoms with van der Waals surface area (Å²) in [6.07, 6.45) is 2.00. The van der Waals surface area contributed by atoms with Gasteiger partial charge in [0.25, 0.3) is 0 Å². The van der Waals surface area contributed by atoms with E-state index in [9.17, 15) is 4.79 Å². The lowest BCUT2D eigenvalue weighted by atomic mass is 10.0. The minimum atomic E-state index is 0.0146. The standard InChI is InChI=1S/C18H28ClN3O2/c1-14(13-20-2)18(23)21-16-7-9-22(10-8-16)11-12-24-17-5-3-15(19)4-6-17/h3-6,14,16,20H,7-13H2,1-2H3,(H,21,23). The molecule has 0 radical (unpaired) electrons. The quantitative estimate of drug-likeness (QED) is 0.752. The number of nitrogens with zero attached hydrogens (tertiary/aromatic N) is 1. The Morgan fingerprint density at radius 3 is 2.62 bits per heavy atom. The molecule has 2 rings (SSSR count). The Morgan fingerprint density at radius 1 is 1.33 bits per heavy atom. The maximum Gasteiger partial charge on any atom is 0.224 e. The molecule has 0 aromatic heterocycles. The van der Waals surface area contributed by atoms with Crippen LogP contribution in [0.1, 0.15) is 19.8 Å². The Morgan fingerprint density at radius 2 is 2.00 bits per heavy atom. The fourth-order valence-electron chi connectivity index (χ4n) is 2.87. The number of halogens is 1. The van der Waals surface area contributed by atoms with Crippen molar-refractivity contribution in [1.29, 1.82) is 0 Å². The first-order valence-electron chi connectivity index (χ1n) is 8.64. The maximum atomic E-state index is 12.0. The lowest BCUT2D eigenvalue weighted by Crippen LogP contribution is -2.47. The molecule has 0 aliphatic carbocycles. The number of nitrogens with one attached hydrogen (secondary N) is 2. The van der Waals surface area contributed by atoms with Crippen molar-refractivity contribution in [1.82, 2.24) is 15.5 Å². The van der Waals surface area contributed by atoms with Gasteiger partial charge in [0.2, 0.25) is 5.91 Å². The Bertz CT molecular complexity index is 501. The topological polar surface area (TPSA) is 53.6 Å². The van der Waals surface area contributed by atoms with Crippen LogP contribution in [0.3, 0.4) is 0 Å². The van der Waals surface area contributed by atoms with Gasteiger partial charge in [-0.05, 0) is 44.2 Å². The minimum Gasteiger partial charge on any atom is -0.492 e. The molecule has 1 aliphatic rings. The van der Waals surface area contributed by atoms with E-state index in [4.69, 9.17) is 16.3 Å². The number of benzene rings is 1. The highest BCUT2D eigenvalue weighted by molar-refractivity contribution is 6.30. The average molecular weight is 354 g/mol. The molecule has 1 unspecified atom stereocenters. The Labute approximate surface area is 149 Å². The molecule has 1 saturated heterocycles. The molecule has 1 amide bonds. The lowest BCUT2D eigenvalue weighted by Gasteiger charge is -2.32. The van der Waals surface area contributed by atoms with Gasteiger partial charge in [-0.3, -0.25) is 9.69 Å². The second kappa shape index (κ2) is 9.87. The second-order valence-corrected chi connectivity index (χ2v) is 6.82. The zero-order valence-electron chi connectivity index (χ0n) is 14.6. The van der Waals surface area contributed by atoms with Gasteiger partial charge < -0.3 is 15.4 Å². The summed E-state index contributed by atoms with van der Waals surface area (Å²) in [6, 6.07) is 7.73. The number of ether oxygens (including phenoxy) is 1. The van der Waals surface area contributed by atoms with Crippen molar-refractivity contribution in [2.75, 3.05) is 39.8 Å². The van der Waals surface area contributed by atoms with Crippen LogP contribution in [-0.4, -0.2) is 56.7 Å². The fourth-order valence-corrected chi connectivity index (χ4v) is 2.99. The molecule has 1 aromatic carbocycles. The fraction of sp³-hybridized carbons (Fsp3) is 0.611. The van der Waals surface area contributed by atoms with Gasteiger partial charge in [-0.15, -0.1) is 0 Å². The predicted octanol–water partition coefficient (Wildman–Crippen LogP) is 2.15. The zero-order chi connectivity index (χ0) is 17.4. The highest BCUT2D eigenvalue weighted by Crippen LogP contribution is 2.16. The smallest absolute Gasteiger partial charge is 0.224 e. The van der Waals surface area contributed by atoms with Crippen LogP contribution in [0.5, 0.6) is 5.75 Å². The van der Waals surface area contributed by atoms with E-state index in [1.165, 1.54) is 0 Å². The largest absolute Gasteiger partial charge is 0.492 e. The Balaban J connectivity index is 1.62. The van der Waals surface area contributed by atoms with Crippen LogP contribution in [0.2, 0.25) is 5.02 Å². The van der Waals surface area contributed by atoms with E-state index >= 15 is 0 Å². The average Bonchev–Trinajstić information content (AvgIpc) is 2.58. The van der Waals surface area contributed by atoms with E-state index in [-0.39, 0.29) is 11.8 Å². The van der Waals surface area contributed by atoms with Gasteiger partial charge in [0, 0.05) is 43.2 Å². The van der Waals surface area contributed by atoms with Crippen LogP contribution in [0, 0.1) is 5.92 Å². The number of likely N-dealkylation sites (tertiary alicyclic amines) is 1. The van der Waals surface area contributed by atoms with Gasteiger partial charge >= 0.3 is 0 Å². The summed E-state index contributed by atoms with van der Waals surface area (Å²) < 4.78 is 5.74. The van der Waals surface area contributed by atoms with Crippen molar-refractivity contribution >= 4 is 17.5 Å². The van der Waals surface area contributed by atoms with Crippen molar-refractivity contribution in [3.63, 3.8) is 0 Å². The van der Waals surface area contributed by atoms with Gasteiger partial charge in [-0.2, -0.15) is 0 Å². The summed E-state index contributed by atoms with van der Waals surface area (Å²) in [5, 5.41) is 6.92. The van der Waals surface area contributed by atoms with E-state index in [2.05, 4.69) is 15.5 Å².